The third-order valence-electron chi connectivity index (χ3n) is 3.49. The van der Waals surface area contributed by atoms with E-state index in [1.807, 2.05) is 31.8 Å². The Bertz CT molecular complexity index is 808. The molecule has 0 aliphatic carbocycles. The molecular weight excluding hydrogens is 300 g/mol. The van der Waals surface area contributed by atoms with Gasteiger partial charge in [0.05, 0.1) is 16.1 Å². The van der Waals surface area contributed by atoms with Gasteiger partial charge >= 0.3 is 0 Å². The van der Waals surface area contributed by atoms with E-state index in [2.05, 4.69) is 41.8 Å². The van der Waals surface area contributed by atoms with Crippen LogP contribution in [0.25, 0.3) is 22.4 Å². The first-order valence-electron chi connectivity index (χ1n) is 6.96. The number of fused-ring (bicyclic) bond motifs is 1. The molecule has 1 aromatic heterocycles. The topological polar surface area (TPSA) is 17.8 Å². The molecule has 0 saturated carbocycles. The Balaban J connectivity index is 2.27. The van der Waals surface area contributed by atoms with Gasteiger partial charge in [0.2, 0.25) is 0 Å². The molecule has 0 amide bonds. The van der Waals surface area contributed by atoms with Crippen LogP contribution in [0.15, 0.2) is 41.3 Å². The molecule has 0 N–H and O–H groups in total. The Kier molecular flexibility index (Phi) is 3.96. The molecule has 0 radical (unpaired) electrons. The SMILES string of the molecule is CCSc1ccccc1-c1nc2cc(C)cc(Cl)c2n1C. The number of nitrogens with zero attached hydrogens (tertiary/aromatic N) is 2. The highest BCUT2D eigenvalue weighted by Gasteiger charge is 2.15. The second kappa shape index (κ2) is 5.74. The number of rotatable bonds is 3. The predicted octanol–water partition coefficient (Wildman–Crippen LogP) is 5.31. The fourth-order valence-electron chi connectivity index (χ4n) is 2.60. The van der Waals surface area contributed by atoms with Gasteiger partial charge in [0, 0.05) is 17.5 Å². The van der Waals surface area contributed by atoms with Crippen molar-refractivity contribution in [3.8, 4) is 11.4 Å². The maximum absolute atomic E-state index is 6.40. The number of imidazole rings is 1. The van der Waals surface area contributed by atoms with E-state index in [1.165, 1.54) is 4.90 Å². The smallest absolute Gasteiger partial charge is 0.142 e. The molecule has 3 aromatic rings. The number of hydrogen-bond acceptors (Lipinski definition) is 2. The first-order valence-corrected chi connectivity index (χ1v) is 8.33. The molecule has 2 aromatic carbocycles. The molecule has 0 fully saturated rings. The molecular formula is C17H17ClN2S. The molecule has 0 unspecified atom stereocenters. The summed E-state index contributed by atoms with van der Waals surface area (Å²) in [6.07, 6.45) is 0. The Morgan fingerprint density at radius 1 is 1.24 bits per heavy atom. The Labute approximate surface area is 134 Å². The van der Waals surface area contributed by atoms with Gasteiger partial charge in [-0.15, -0.1) is 11.8 Å². The number of aromatic nitrogens is 2. The fourth-order valence-corrected chi connectivity index (χ4v) is 3.80. The van der Waals surface area contributed by atoms with E-state index in [0.29, 0.717) is 0 Å². The second-order valence-electron chi connectivity index (χ2n) is 5.04. The highest BCUT2D eigenvalue weighted by Crippen LogP contribution is 2.34. The molecule has 0 spiro atoms. The van der Waals surface area contributed by atoms with E-state index in [-0.39, 0.29) is 0 Å². The molecule has 21 heavy (non-hydrogen) atoms. The van der Waals surface area contributed by atoms with Crippen LogP contribution >= 0.6 is 23.4 Å². The first-order chi connectivity index (χ1) is 10.1. The highest BCUT2D eigenvalue weighted by molar-refractivity contribution is 7.99. The van der Waals surface area contributed by atoms with Gasteiger partial charge in [0.1, 0.15) is 5.82 Å². The summed E-state index contributed by atoms with van der Waals surface area (Å²) in [6, 6.07) is 12.5. The van der Waals surface area contributed by atoms with Crippen LogP contribution < -0.4 is 0 Å². The van der Waals surface area contributed by atoms with Crippen LogP contribution in [0.4, 0.5) is 0 Å². The first kappa shape index (κ1) is 14.5. The summed E-state index contributed by atoms with van der Waals surface area (Å²) in [4.78, 5) is 6.07. The minimum Gasteiger partial charge on any atom is -0.326 e. The largest absolute Gasteiger partial charge is 0.326 e. The number of hydrogen-bond donors (Lipinski definition) is 0. The molecule has 3 rings (SSSR count). The molecule has 0 saturated heterocycles. The summed E-state index contributed by atoms with van der Waals surface area (Å²) in [5, 5.41) is 0.756. The lowest BCUT2D eigenvalue weighted by atomic mass is 10.2. The number of aryl methyl sites for hydroxylation is 2. The zero-order chi connectivity index (χ0) is 15.0. The summed E-state index contributed by atoms with van der Waals surface area (Å²) in [5.41, 5.74) is 4.24. The van der Waals surface area contributed by atoms with Gasteiger partial charge in [-0.1, -0.05) is 36.7 Å². The fraction of sp³-hybridized carbons (Fsp3) is 0.235. The van der Waals surface area contributed by atoms with Crippen molar-refractivity contribution < 1.29 is 0 Å². The van der Waals surface area contributed by atoms with E-state index in [0.717, 1.165) is 38.8 Å². The lowest BCUT2D eigenvalue weighted by molar-refractivity contribution is 0.955. The molecule has 0 atom stereocenters. The van der Waals surface area contributed by atoms with Crippen LogP contribution in [0.1, 0.15) is 12.5 Å². The number of benzene rings is 2. The molecule has 0 aliphatic heterocycles. The average molecular weight is 317 g/mol. The lowest BCUT2D eigenvalue weighted by Gasteiger charge is -2.08. The molecule has 4 heteroatoms. The van der Waals surface area contributed by atoms with E-state index in [4.69, 9.17) is 16.6 Å². The molecule has 108 valence electrons. The summed E-state index contributed by atoms with van der Waals surface area (Å²) < 4.78 is 2.09. The van der Waals surface area contributed by atoms with Gasteiger partial charge in [-0.05, 0) is 36.4 Å². The normalized spacial score (nSPS) is 11.2. The van der Waals surface area contributed by atoms with Crippen molar-refractivity contribution in [3.63, 3.8) is 0 Å². The minimum atomic E-state index is 0.756. The van der Waals surface area contributed by atoms with E-state index < -0.39 is 0 Å². The van der Waals surface area contributed by atoms with Crippen molar-refractivity contribution >= 4 is 34.4 Å². The van der Waals surface area contributed by atoms with E-state index in [9.17, 15) is 0 Å². The predicted molar refractivity (Wildman–Crippen MR) is 92.3 cm³/mol. The zero-order valence-electron chi connectivity index (χ0n) is 12.4. The quantitative estimate of drug-likeness (QED) is 0.609. The zero-order valence-corrected chi connectivity index (χ0v) is 13.9. The van der Waals surface area contributed by atoms with Crippen LogP contribution in [0.3, 0.4) is 0 Å². The second-order valence-corrected chi connectivity index (χ2v) is 6.75. The Hall–Kier alpha value is -1.45. The average Bonchev–Trinajstić information content (AvgIpc) is 2.77. The number of thioether (sulfide) groups is 1. The van der Waals surface area contributed by atoms with Gasteiger partial charge in [0.15, 0.2) is 0 Å². The van der Waals surface area contributed by atoms with Gasteiger partial charge in [0.25, 0.3) is 0 Å². The van der Waals surface area contributed by atoms with Crippen LogP contribution in [0, 0.1) is 6.92 Å². The highest BCUT2D eigenvalue weighted by atomic mass is 35.5. The van der Waals surface area contributed by atoms with Crippen molar-refractivity contribution in [1.29, 1.82) is 0 Å². The molecule has 0 bridgehead atoms. The van der Waals surface area contributed by atoms with Crippen molar-refractivity contribution in [1.82, 2.24) is 9.55 Å². The molecule has 2 nitrogen and oxygen atoms in total. The third-order valence-corrected chi connectivity index (χ3v) is 4.74. The van der Waals surface area contributed by atoms with Crippen molar-refractivity contribution in [3.05, 3.63) is 47.0 Å². The van der Waals surface area contributed by atoms with Crippen molar-refractivity contribution in [2.24, 2.45) is 7.05 Å². The van der Waals surface area contributed by atoms with Crippen LogP contribution in [-0.2, 0) is 7.05 Å². The van der Waals surface area contributed by atoms with Crippen molar-refractivity contribution in [2.45, 2.75) is 18.7 Å². The lowest BCUT2D eigenvalue weighted by Crippen LogP contribution is -1.94. The van der Waals surface area contributed by atoms with Crippen molar-refractivity contribution in [2.75, 3.05) is 5.75 Å². The summed E-state index contributed by atoms with van der Waals surface area (Å²) >= 11 is 8.24. The maximum atomic E-state index is 6.40. The summed E-state index contributed by atoms with van der Waals surface area (Å²) in [6.45, 7) is 4.21. The van der Waals surface area contributed by atoms with E-state index in [1.54, 1.807) is 0 Å². The Morgan fingerprint density at radius 3 is 2.76 bits per heavy atom. The van der Waals surface area contributed by atoms with Gasteiger partial charge in [-0.3, -0.25) is 0 Å². The number of halogens is 1. The van der Waals surface area contributed by atoms with Crippen LogP contribution in [0.2, 0.25) is 5.02 Å². The van der Waals surface area contributed by atoms with Gasteiger partial charge in [-0.2, -0.15) is 0 Å². The standard InChI is InChI=1S/C17H17ClN2S/c1-4-21-15-8-6-5-7-12(15)17-19-14-10-11(2)9-13(18)16(14)20(17)3/h5-10H,4H2,1-3H3. The third kappa shape index (κ3) is 2.56. The molecule has 1 heterocycles. The Morgan fingerprint density at radius 2 is 2.00 bits per heavy atom. The maximum Gasteiger partial charge on any atom is 0.142 e. The minimum absolute atomic E-state index is 0.756. The molecule has 0 aliphatic rings. The van der Waals surface area contributed by atoms with Crippen LogP contribution in [-0.4, -0.2) is 15.3 Å². The van der Waals surface area contributed by atoms with Crippen LogP contribution in [0.5, 0.6) is 0 Å². The summed E-state index contributed by atoms with van der Waals surface area (Å²) in [5.74, 6) is 2.01. The van der Waals surface area contributed by atoms with Gasteiger partial charge < -0.3 is 4.57 Å². The monoisotopic (exact) mass is 316 g/mol. The van der Waals surface area contributed by atoms with Gasteiger partial charge in [-0.25, -0.2) is 4.98 Å². The summed E-state index contributed by atoms with van der Waals surface area (Å²) in [7, 11) is 2.03. The van der Waals surface area contributed by atoms with E-state index >= 15 is 0 Å².